The van der Waals surface area contributed by atoms with E-state index in [2.05, 4.69) is 21.2 Å². The number of benzene rings is 3. The van der Waals surface area contributed by atoms with Crippen LogP contribution in [0.15, 0.2) is 82.2 Å². The summed E-state index contributed by atoms with van der Waals surface area (Å²) >= 11 is 3.41. The van der Waals surface area contributed by atoms with Crippen molar-refractivity contribution in [1.82, 2.24) is 10.2 Å². The third-order valence-electron chi connectivity index (χ3n) is 6.12. The summed E-state index contributed by atoms with van der Waals surface area (Å²) in [7, 11) is -4.11. The van der Waals surface area contributed by atoms with Crippen LogP contribution in [0.5, 0.6) is 0 Å². The van der Waals surface area contributed by atoms with Crippen molar-refractivity contribution in [2.75, 3.05) is 10.8 Å². The first kappa shape index (κ1) is 30.4. The molecule has 0 aliphatic heterocycles. The standard InChI is InChI=1S/C30H36BrN3O4S/c1-21-10-14-24(15-11-21)19-33(23(3)29(36)32-30(4,5)6)28(35)20-34(26-9-7-8-25(31)18-26)39(37,38)27-16-12-22(2)13-17-27/h7-18,23H,19-20H2,1-6H3,(H,32,36)/t23-/m1/s1. The van der Waals surface area contributed by atoms with Gasteiger partial charge in [0.1, 0.15) is 12.6 Å². The average Bonchev–Trinajstić information content (AvgIpc) is 2.85. The number of carbonyl (C=O) groups excluding carboxylic acids is 2. The van der Waals surface area contributed by atoms with Gasteiger partial charge in [0.05, 0.1) is 10.6 Å². The number of amides is 2. The quantitative estimate of drug-likeness (QED) is 0.341. The Kier molecular flexibility index (Phi) is 9.61. The Labute approximate surface area is 240 Å². The molecule has 3 rings (SSSR count). The first-order chi connectivity index (χ1) is 18.2. The van der Waals surface area contributed by atoms with Gasteiger partial charge in [-0.3, -0.25) is 13.9 Å². The lowest BCUT2D eigenvalue weighted by Crippen LogP contribution is -2.54. The van der Waals surface area contributed by atoms with Crippen molar-refractivity contribution >= 4 is 43.5 Å². The van der Waals surface area contributed by atoms with Crippen molar-refractivity contribution in [3.63, 3.8) is 0 Å². The molecule has 208 valence electrons. The van der Waals surface area contributed by atoms with Gasteiger partial charge in [0.25, 0.3) is 10.0 Å². The SMILES string of the molecule is Cc1ccc(CN(C(=O)CN(c2cccc(Br)c2)S(=O)(=O)c2ccc(C)cc2)[C@H](C)C(=O)NC(C)(C)C)cc1. The Hall–Kier alpha value is -3.17. The molecule has 0 saturated heterocycles. The van der Waals surface area contributed by atoms with E-state index in [1.807, 2.05) is 58.9 Å². The largest absolute Gasteiger partial charge is 0.350 e. The molecule has 1 atom stereocenters. The molecule has 9 heteroatoms. The lowest BCUT2D eigenvalue weighted by molar-refractivity contribution is -0.140. The molecule has 0 unspecified atom stereocenters. The lowest BCUT2D eigenvalue weighted by Gasteiger charge is -2.33. The highest BCUT2D eigenvalue weighted by Gasteiger charge is 2.33. The highest BCUT2D eigenvalue weighted by molar-refractivity contribution is 9.10. The fraction of sp³-hybridized carbons (Fsp3) is 0.333. The van der Waals surface area contributed by atoms with Gasteiger partial charge < -0.3 is 10.2 Å². The van der Waals surface area contributed by atoms with E-state index in [9.17, 15) is 18.0 Å². The Morgan fingerprint density at radius 3 is 2.03 bits per heavy atom. The van der Waals surface area contributed by atoms with Crippen LogP contribution in [0.25, 0.3) is 0 Å². The molecule has 39 heavy (non-hydrogen) atoms. The van der Waals surface area contributed by atoms with Gasteiger partial charge in [-0.05, 0) is 77.4 Å². The summed E-state index contributed by atoms with van der Waals surface area (Å²) in [6, 6.07) is 20.1. The molecule has 7 nitrogen and oxygen atoms in total. The summed E-state index contributed by atoms with van der Waals surface area (Å²) in [5.74, 6) is -0.818. The van der Waals surface area contributed by atoms with E-state index in [1.54, 1.807) is 43.3 Å². The van der Waals surface area contributed by atoms with Crippen LogP contribution in [-0.2, 0) is 26.2 Å². The van der Waals surface area contributed by atoms with Crippen molar-refractivity contribution in [1.29, 1.82) is 0 Å². The number of aryl methyl sites for hydroxylation is 2. The van der Waals surface area contributed by atoms with E-state index in [-0.39, 0.29) is 17.3 Å². The van der Waals surface area contributed by atoms with E-state index in [0.29, 0.717) is 10.2 Å². The van der Waals surface area contributed by atoms with Crippen LogP contribution < -0.4 is 9.62 Å². The van der Waals surface area contributed by atoms with E-state index >= 15 is 0 Å². The third-order valence-corrected chi connectivity index (χ3v) is 8.40. The van der Waals surface area contributed by atoms with Crippen LogP contribution in [0.2, 0.25) is 0 Å². The van der Waals surface area contributed by atoms with Crippen LogP contribution in [0.1, 0.15) is 44.4 Å². The van der Waals surface area contributed by atoms with E-state index in [4.69, 9.17) is 0 Å². The second kappa shape index (κ2) is 12.3. The molecule has 0 spiro atoms. The summed E-state index contributed by atoms with van der Waals surface area (Å²) in [5.41, 5.74) is 2.66. The summed E-state index contributed by atoms with van der Waals surface area (Å²) in [6.07, 6.45) is 0. The van der Waals surface area contributed by atoms with E-state index < -0.39 is 34.1 Å². The fourth-order valence-electron chi connectivity index (χ4n) is 3.94. The number of halogens is 1. The molecule has 0 radical (unpaired) electrons. The molecular weight excluding hydrogens is 578 g/mol. The van der Waals surface area contributed by atoms with Crippen LogP contribution in [0.4, 0.5) is 5.69 Å². The fourth-order valence-corrected chi connectivity index (χ4v) is 5.74. The zero-order chi connectivity index (χ0) is 29.0. The topological polar surface area (TPSA) is 86.8 Å². The summed E-state index contributed by atoms with van der Waals surface area (Å²) in [4.78, 5) is 28.6. The second-order valence-electron chi connectivity index (χ2n) is 10.7. The maximum Gasteiger partial charge on any atom is 0.264 e. The summed E-state index contributed by atoms with van der Waals surface area (Å²) < 4.78 is 29.5. The minimum absolute atomic E-state index is 0.0736. The molecule has 3 aromatic rings. The smallest absolute Gasteiger partial charge is 0.264 e. The number of hydrogen-bond donors (Lipinski definition) is 1. The van der Waals surface area contributed by atoms with Gasteiger partial charge in [-0.15, -0.1) is 0 Å². The van der Waals surface area contributed by atoms with Crippen LogP contribution in [0, 0.1) is 13.8 Å². The molecule has 1 N–H and O–H groups in total. The maximum absolute atomic E-state index is 14.0. The van der Waals surface area contributed by atoms with Crippen molar-refractivity contribution in [3.8, 4) is 0 Å². The monoisotopic (exact) mass is 613 g/mol. The number of carbonyl (C=O) groups is 2. The van der Waals surface area contributed by atoms with Gasteiger partial charge in [0.2, 0.25) is 11.8 Å². The minimum atomic E-state index is -4.11. The van der Waals surface area contributed by atoms with Crippen LogP contribution >= 0.6 is 15.9 Å². The molecule has 0 fully saturated rings. The van der Waals surface area contributed by atoms with Crippen molar-refractivity contribution in [3.05, 3.63) is 94.0 Å². The predicted molar refractivity (Wildman–Crippen MR) is 159 cm³/mol. The van der Waals surface area contributed by atoms with Gasteiger partial charge in [-0.25, -0.2) is 8.42 Å². The Bertz CT molecular complexity index is 1420. The Morgan fingerprint density at radius 2 is 1.49 bits per heavy atom. The van der Waals surface area contributed by atoms with Crippen LogP contribution in [-0.4, -0.2) is 43.3 Å². The van der Waals surface area contributed by atoms with Gasteiger partial charge in [0.15, 0.2) is 0 Å². The molecule has 0 saturated carbocycles. The zero-order valence-electron chi connectivity index (χ0n) is 23.2. The lowest BCUT2D eigenvalue weighted by atomic mass is 10.1. The summed E-state index contributed by atoms with van der Waals surface area (Å²) in [5, 5.41) is 2.93. The molecule has 2 amide bonds. The molecular formula is C30H36BrN3O4S. The van der Waals surface area contributed by atoms with Crippen molar-refractivity contribution in [2.24, 2.45) is 0 Å². The second-order valence-corrected chi connectivity index (χ2v) is 13.5. The number of hydrogen-bond acceptors (Lipinski definition) is 4. The highest BCUT2D eigenvalue weighted by atomic mass is 79.9. The first-order valence-corrected chi connectivity index (χ1v) is 14.9. The van der Waals surface area contributed by atoms with Crippen molar-refractivity contribution in [2.45, 2.75) is 64.6 Å². The molecule has 0 bridgehead atoms. The predicted octanol–water partition coefficient (Wildman–Crippen LogP) is 5.59. The summed E-state index contributed by atoms with van der Waals surface area (Å²) in [6.45, 7) is 10.8. The number of nitrogens with one attached hydrogen (secondary N) is 1. The molecule has 0 heterocycles. The molecule has 3 aromatic carbocycles. The van der Waals surface area contributed by atoms with Gasteiger partial charge in [-0.1, -0.05) is 69.5 Å². The number of sulfonamides is 1. The third kappa shape index (κ3) is 8.16. The van der Waals surface area contributed by atoms with Crippen molar-refractivity contribution < 1.29 is 18.0 Å². The van der Waals surface area contributed by atoms with Crippen LogP contribution in [0.3, 0.4) is 0 Å². The number of nitrogens with zero attached hydrogens (tertiary/aromatic N) is 2. The van der Waals surface area contributed by atoms with E-state index in [1.165, 1.54) is 17.0 Å². The highest BCUT2D eigenvalue weighted by Crippen LogP contribution is 2.27. The maximum atomic E-state index is 14.0. The molecule has 0 aromatic heterocycles. The number of rotatable bonds is 9. The van der Waals surface area contributed by atoms with Gasteiger partial charge in [-0.2, -0.15) is 0 Å². The van der Waals surface area contributed by atoms with E-state index in [0.717, 1.165) is 21.0 Å². The average molecular weight is 615 g/mol. The molecule has 0 aliphatic carbocycles. The van der Waals surface area contributed by atoms with Gasteiger partial charge >= 0.3 is 0 Å². The Balaban J connectivity index is 2.03. The minimum Gasteiger partial charge on any atom is -0.350 e. The normalized spacial score (nSPS) is 12.5. The zero-order valence-corrected chi connectivity index (χ0v) is 25.6. The number of anilines is 1. The van der Waals surface area contributed by atoms with Gasteiger partial charge in [0, 0.05) is 16.6 Å². The first-order valence-electron chi connectivity index (χ1n) is 12.7. The Morgan fingerprint density at radius 1 is 0.923 bits per heavy atom. The molecule has 0 aliphatic rings.